The van der Waals surface area contributed by atoms with Gasteiger partial charge in [-0.05, 0) is 12.1 Å². The monoisotopic (exact) mass is 194 g/mol. The fourth-order valence-electron chi connectivity index (χ4n) is 0.827. The molecule has 74 valence electrons. The summed E-state index contributed by atoms with van der Waals surface area (Å²) in [5.74, 6) is -0.588. The normalized spacial score (nSPS) is 9.21. The van der Waals surface area contributed by atoms with E-state index in [1.54, 1.807) is 24.4 Å². The minimum atomic E-state index is -0.571. The van der Waals surface area contributed by atoms with Crippen LogP contribution in [0.3, 0.4) is 0 Å². The summed E-state index contributed by atoms with van der Waals surface area (Å²) >= 11 is 0. The van der Waals surface area contributed by atoms with Crippen molar-refractivity contribution in [2.24, 2.45) is 0 Å². The summed E-state index contributed by atoms with van der Waals surface area (Å²) in [6.07, 6.45) is 1.25. The molecule has 0 saturated heterocycles. The molecule has 0 unspecified atom stereocenters. The zero-order valence-electron chi connectivity index (χ0n) is 7.69. The van der Waals surface area contributed by atoms with E-state index in [1.807, 2.05) is 0 Å². The highest BCUT2D eigenvalue weighted by molar-refractivity contribution is 6.01. The highest BCUT2D eigenvalue weighted by atomic mass is 16.5. The number of esters is 1. The Balaban J connectivity index is 2.46. The number of hydrogen-bond acceptors (Lipinski definition) is 4. The third-order valence-electron chi connectivity index (χ3n) is 1.46. The van der Waals surface area contributed by atoms with Gasteiger partial charge in [-0.25, -0.2) is 4.98 Å². The molecule has 1 aromatic heterocycles. The summed E-state index contributed by atoms with van der Waals surface area (Å²) < 4.78 is 4.34. The van der Waals surface area contributed by atoms with Crippen molar-refractivity contribution in [3.8, 4) is 0 Å². The van der Waals surface area contributed by atoms with Crippen LogP contribution in [0.1, 0.15) is 6.42 Å². The molecule has 0 aliphatic carbocycles. The van der Waals surface area contributed by atoms with Gasteiger partial charge in [0.05, 0.1) is 7.11 Å². The maximum atomic E-state index is 11.1. The largest absolute Gasteiger partial charge is 0.469 e. The number of methoxy groups -OCH3 is 1. The molecule has 1 rings (SSSR count). The number of pyridine rings is 1. The number of nitrogens with one attached hydrogen (secondary N) is 1. The molecule has 1 N–H and O–H groups in total. The van der Waals surface area contributed by atoms with Crippen molar-refractivity contribution < 1.29 is 14.3 Å². The molecule has 0 aliphatic heterocycles. The molecule has 5 heteroatoms. The third kappa shape index (κ3) is 3.22. The Labute approximate surface area is 81.1 Å². The van der Waals surface area contributed by atoms with E-state index in [-0.39, 0.29) is 6.42 Å². The Morgan fingerprint density at radius 3 is 2.86 bits per heavy atom. The van der Waals surface area contributed by atoms with Gasteiger partial charge in [0, 0.05) is 6.20 Å². The van der Waals surface area contributed by atoms with E-state index in [1.165, 1.54) is 7.11 Å². The second kappa shape index (κ2) is 4.96. The first-order valence-electron chi connectivity index (χ1n) is 4.00. The smallest absolute Gasteiger partial charge is 0.315 e. The third-order valence-corrected chi connectivity index (χ3v) is 1.46. The first-order valence-corrected chi connectivity index (χ1v) is 4.00. The number of hydrogen-bond donors (Lipinski definition) is 1. The minimum Gasteiger partial charge on any atom is -0.469 e. The van der Waals surface area contributed by atoms with Crippen molar-refractivity contribution >= 4 is 17.7 Å². The fraction of sp³-hybridized carbons (Fsp3) is 0.222. The molecule has 0 radical (unpaired) electrons. The lowest BCUT2D eigenvalue weighted by Crippen LogP contribution is -2.17. The van der Waals surface area contributed by atoms with Gasteiger partial charge in [-0.2, -0.15) is 0 Å². The molecule has 1 amide bonds. The Kier molecular flexibility index (Phi) is 3.60. The molecule has 1 heterocycles. The fourth-order valence-corrected chi connectivity index (χ4v) is 0.827. The zero-order chi connectivity index (χ0) is 10.4. The Morgan fingerprint density at radius 1 is 1.50 bits per heavy atom. The van der Waals surface area contributed by atoms with E-state index in [4.69, 9.17) is 0 Å². The maximum absolute atomic E-state index is 11.1. The minimum absolute atomic E-state index is 0.299. The van der Waals surface area contributed by atoms with E-state index in [2.05, 4.69) is 15.0 Å². The van der Waals surface area contributed by atoms with Gasteiger partial charge in [-0.15, -0.1) is 0 Å². The second-order valence-electron chi connectivity index (χ2n) is 2.52. The molecule has 0 atom stereocenters. The van der Waals surface area contributed by atoms with Crippen LogP contribution in [0.25, 0.3) is 0 Å². The summed E-state index contributed by atoms with van der Waals surface area (Å²) in [5.41, 5.74) is 0. The SMILES string of the molecule is COC(=O)CC(=O)Nc1ccccn1. The van der Waals surface area contributed by atoms with Crippen LogP contribution < -0.4 is 5.32 Å². The van der Waals surface area contributed by atoms with Crippen LogP contribution >= 0.6 is 0 Å². The molecular weight excluding hydrogens is 184 g/mol. The average Bonchev–Trinajstić information content (AvgIpc) is 2.19. The van der Waals surface area contributed by atoms with Gasteiger partial charge in [0.2, 0.25) is 5.91 Å². The number of carbonyl (C=O) groups excluding carboxylic acids is 2. The Bertz CT molecular complexity index is 324. The van der Waals surface area contributed by atoms with Crippen molar-refractivity contribution in [2.75, 3.05) is 12.4 Å². The quantitative estimate of drug-likeness (QED) is 0.564. The number of carbonyl (C=O) groups is 2. The Morgan fingerprint density at radius 2 is 2.29 bits per heavy atom. The number of amides is 1. The van der Waals surface area contributed by atoms with Crippen molar-refractivity contribution in [3.05, 3.63) is 24.4 Å². The maximum Gasteiger partial charge on any atom is 0.315 e. The van der Waals surface area contributed by atoms with Crippen LogP contribution in [-0.2, 0) is 14.3 Å². The summed E-state index contributed by atoms with van der Waals surface area (Å²) in [6.45, 7) is 0. The van der Waals surface area contributed by atoms with E-state index in [0.29, 0.717) is 5.82 Å². The van der Waals surface area contributed by atoms with Crippen LogP contribution in [-0.4, -0.2) is 24.0 Å². The lowest BCUT2D eigenvalue weighted by molar-refractivity contribution is -0.142. The number of anilines is 1. The van der Waals surface area contributed by atoms with Crippen molar-refractivity contribution in [1.29, 1.82) is 0 Å². The Hall–Kier alpha value is -1.91. The summed E-state index contributed by atoms with van der Waals surface area (Å²) in [4.78, 5) is 25.7. The standard InChI is InChI=1S/C9H10N2O3/c1-14-9(13)6-8(12)11-7-4-2-3-5-10-7/h2-5H,6H2,1H3,(H,10,11,12). The molecule has 1 aromatic rings. The van der Waals surface area contributed by atoms with Gasteiger partial charge < -0.3 is 10.1 Å². The van der Waals surface area contributed by atoms with Crippen LogP contribution in [0.15, 0.2) is 24.4 Å². The molecule has 0 fully saturated rings. The first kappa shape index (κ1) is 10.2. The van der Waals surface area contributed by atoms with E-state index < -0.39 is 11.9 Å². The second-order valence-corrected chi connectivity index (χ2v) is 2.52. The summed E-state index contributed by atoms with van der Waals surface area (Å²) in [5, 5.41) is 2.46. The van der Waals surface area contributed by atoms with Crippen LogP contribution in [0, 0.1) is 0 Å². The van der Waals surface area contributed by atoms with Crippen molar-refractivity contribution in [2.45, 2.75) is 6.42 Å². The van der Waals surface area contributed by atoms with Crippen LogP contribution in [0.2, 0.25) is 0 Å². The topological polar surface area (TPSA) is 68.3 Å². The zero-order valence-corrected chi connectivity index (χ0v) is 7.69. The number of rotatable bonds is 3. The summed E-state index contributed by atoms with van der Waals surface area (Å²) in [6, 6.07) is 5.10. The molecule has 5 nitrogen and oxygen atoms in total. The predicted octanol–water partition coefficient (Wildman–Crippen LogP) is 0.583. The van der Waals surface area contributed by atoms with Gasteiger partial charge in [0.1, 0.15) is 12.2 Å². The molecular formula is C9H10N2O3. The van der Waals surface area contributed by atoms with Gasteiger partial charge >= 0.3 is 5.97 Å². The van der Waals surface area contributed by atoms with Crippen molar-refractivity contribution in [3.63, 3.8) is 0 Å². The number of ether oxygens (including phenoxy) is 1. The van der Waals surface area contributed by atoms with Gasteiger partial charge in [0.15, 0.2) is 0 Å². The van der Waals surface area contributed by atoms with Crippen LogP contribution in [0.4, 0.5) is 5.82 Å². The van der Waals surface area contributed by atoms with Gasteiger partial charge in [-0.1, -0.05) is 6.07 Å². The average molecular weight is 194 g/mol. The lowest BCUT2D eigenvalue weighted by atomic mass is 10.4. The molecule has 14 heavy (non-hydrogen) atoms. The number of aromatic nitrogens is 1. The predicted molar refractivity (Wildman–Crippen MR) is 49.5 cm³/mol. The lowest BCUT2D eigenvalue weighted by Gasteiger charge is -2.02. The first-order chi connectivity index (χ1) is 6.72. The van der Waals surface area contributed by atoms with E-state index in [0.717, 1.165) is 0 Å². The molecule has 0 saturated carbocycles. The molecule has 0 aliphatic rings. The van der Waals surface area contributed by atoms with E-state index in [9.17, 15) is 9.59 Å². The highest BCUT2D eigenvalue weighted by Gasteiger charge is 2.09. The van der Waals surface area contributed by atoms with Gasteiger partial charge in [0.25, 0.3) is 0 Å². The van der Waals surface area contributed by atoms with Crippen molar-refractivity contribution in [1.82, 2.24) is 4.98 Å². The van der Waals surface area contributed by atoms with Crippen LogP contribution in [0.5, 0.6) is 0 Å². The van der Waals surface area contributed by atoms with Gasteiger partial charge in [-0.3, -0.25) is 9.59 Å². The molecule has 0 spiro atoms. The molecule has 0 aromatic carbocycles. The highest BCUT2D eigenvalue weighted by Crippen LogP contribution is 2.00. The molecule has 0 bridgehead atoms. The van der Waals surface area contributed by atoms with E-state index >= 15 is 0 Å². The number of nitrogens with zero attached hydrogens (tertiary/aromatic N) is 1. The summed E-state index contributed by atoms with van der Waals surface area (Å²) in [7, 11) is 1.23.